The van der Waals surface area contributed by atoms with E-state index in [1.807, 2.05) is 0 Å². The van der Waals surface area contributed by atoms with Crippen molar-refractivity contribution >= 4 is 45.3 Å². The monoisotopic (exact) mass is 406 g/mol. The summed E-state index contributed by atoms with van der Waals surface area (Å²) in [5.41, 5.74) is 0. The highest BCUT2D eigenvalue weighted by Crippen LogP contribution is 2.24. The van der Waals surface area contributed by atoms with E-state index in [0.29, 0.717) is 37.2 Å². The molecule has 0 spiro atoms. The first-order valence-electron chi connectivity index (χ1n) is 8.46. The number of ether oxygens (including phenoxy) is 2. The fraction of sp³-hybridized carbons (Fsp3) is 0.750. The molecule has 1 aliphatic rings. The van der Waals surface area contributed by atoms with Crippen LogP contribution in [0.15, 0.2) is 0 Å². The molecular formula is C16H26N2O6S2. The number of hydrogen-bond acceptors (Lipinski definition) is 8. The van der Waals surface area contributed by atoms with Crippen molar-refractivity contribution in [1.29, 1.82) is 0 Å². The Morgan fingerprint density at radius 2 is 1.19 bits per heavy atom. The topological polar surface area (TPSA) is 111 Å². The van der Waals surface area contributed by atoms with Gasteiger partial charge in [0.2, 0.25) is 11.8 Å². The average Bonchev–Trinajstić information content (AvgIpc) is 2.63. The fourth-order valence-corrected chi connectivity index (χ4v) is 4.61. The number of hydrogen-bond donors (Lipinski definition) is 2. The lowest BCUT2D eigenvalue weighted by atomic mass is 10.1. The molecule has 1 saturated heterocycles. The number of nitrogens with one attached hydrogen (secondary N) is 2. The van der Waals surface area contributed by atoms with Crippen LogP contribution in [0, 0.1) is 0 Å². The number of carbonyl (C=O) groups is 4. The molecule has 0 aromatic carbocycles. The maximum Gasteiger partial charge on any atom is 0.329 e. The molecule has 26 heavy (non-hydrogen) atoms. The van der Waals surface area contributed by atoms with Crippen LogP contribution in [0.2, 0.25) is 0 Å². The van der Waals surface area contributed by atoms with Crippen LogP contribution in [0.3, 0.4) is 0 Å². The molecule has 1 heterocycles. The number of carbonyl (C=O) groups excluding carboxylic acids is 4. The number of methoxy groups -OCH3 is 2. The van der Waals surface area contributed by atoms with Gasteiger partial charge in [0.05, 0.1) is 14.2 Å². The Labute approximate surface area is 161 Å². The van der Waals surface area contributed by atoms with Crippen molar-refractivity contribution in [3.05, 3.63) is 0 Å². The first-order valence-corrected chi connectivity index (χ1v) is 11.0. The fourth-order valence-electron chi connectivity index (χ4n) is 2.31. The molecule has 2 N–H and O–H groups in total. The van der Waals surface area contributed by atoms with Crippen molar-refractivity contribution in [2.75, 3.05) is 25.7 Å². The molecular weight excluding hydrogens is 380 g/mol. The number of esters is 2. The van der Waals surface area contributed by atoms with Gasteiger partial charge in [0, 0.05) is 24.3 Å². The average molecular weight is 407 g/mol. The normalized spacial score (nSPS) is 24.1. The molecule has 1 fully saturated rings. The highest BCUT2D eigenvalue weighted by Gasteiger charge is 2.24. The van der Waals surface area contributed by atoms with E-state index in [1.165, 1.54) is 35.8 Å². The third-order valence-electron chi connectivity index (χ3n) is 3.75. The summed E-state index contributed by atoms with van der Waals surface area (Å²) in [7, 11) is 5.18. The smallest absolute Gasteiger partial charge is 0.329 e. The van der Waals surface area contributed by atoms with Gasteiger partial charge in [-0.15, -0.1) is 0 Å². The van der Waals surface area contributed by atoms with Crippen LogP contribution in [0.1, 0.15) is 38.5 Å². The molecule has 10 heteroatoms. The maximum absolute atomic E-state index is 12.0. The molecule has 0 aromatic heterocycles. The van der Waals surface area contributed by atoms with Crippen LogP contribution in [-0.4, -0.2) is 61.6 Å². The van der Waals surface area contributed by atoms with Crippen molar-refractivity contribution in [3.8, 4) is 0 Å². The highest BCUT2D eigenvalue weighted by atomic mass is 33.1. The van der Waals surface area contributed by atoms with Crippen LogP contribution in [0.25, 0.3) is 0 Å². The lowest BCUT2D eigenvalue weighted by Gasteiger charge is -2.18. The molecule has 1 unspecified atom stereocenters. The number of amides is 2. The number of rotatable bonds is 2. The van der Waals surface area contributed by atoms with E-state index >= 15 is 0 Å². The van der Waals surface area contributed by atoms with E-state index in [-0.39, 0.29) is 11.8 Å². The SMILES string of the molecule is COC(=O)C1CSSC[C@@H](C(=O)OC)NC(=O)CCCCCCC(=O)N1. The third kappa shape index (κ3) is 8.79. The van der Waals surface area contributed by atoms with Crippen molar-refractivity contribution < 1.29 is 28.7 Å². The summed E-state index contributed by atoms with van der Waals surface area (Å²) in [6.45, 7) is 0. The van der Waals surface area contributed by atoms with Crippen LogP contribution >= 0.6 is 21.6 Å². The van der Waals surface area contributed by atoms with Crippen LogP contribution in [-0.2, 0) is 28.7 Å². The molecule has 0 aromatic rings. The largest absolute Gasteiger partial charge is 0.467 e. The second kappa shape index (κ2) is 12.9. The Balaban J connectivity index is 2.71. The second-order valence-electron chi connectivity index (χ2n) is 5.77. The minimum absolute atomic E-state index is 0.191. The molecule has 0 bridgehead atoms. The third-order valence-corrected chi connectivity index (χ3v) is 6.17. The van der Waals surface area contributed by atoms with E-state index in [1.54, 1.807) is 0 Å². The zero-order chi connectivity index (χ0) is 19.4. The first-order chi connectivity index (χ1) is 12.5. The Kier molecular flexibility index (Phi) is 11.2. The van der Waals surface area contributed by atoms with Crippen molar-refractivity contribution in [3.63, 3.8) is 0 Å². The van der Waals surface area contributed by atoms with E-state index in [2.05, 4.69) is 10.6 Å². The first kappa shape index (κ1) is 22.6. The molecule has 0 saturated carbocycles. The summed E-state index contributed by atoms with van der Waals surface area (Å²) >= 11 is 0. The molecule has 2 amide bonds. The standard InChI is InChI=1S/C16H26N2O6S2/c1-23-15(21)11-9-25-26-10-12(16(22)24-2)18-14(20)8-6-4-3-5-7-13(19)17-11/h11-12H,3-10H2,1-2H3,(H,17,19)(H,18,20)/t11-,12?/m0/s1. The van der Waals surface area contributed by atoms with Gasteiger partial charge in [0.15, 0.2) is 0 Å². The molecule has 0 radical (unpaired) electrons. The van der Waals surface area contributed by atoms with Crippen molar-refractivity contribution in [2.24, 2.45) is 0 Å². The summed E-state index contributed by atoms with van der Waals surface area (Å²) in [6.07, 6.45) is 3.68. The summed E-state index contributed by atoms with van der Waals surface area (Å²) in [5, 5.41) is 5.39. The summed E-state index contributed by atoms with van der Waals surface area (Å²) in [6, 6.07) is -1.49. The van der Waals surface area contributed by atoms with Gasteiger partial charge in [-0.25, -0.2) is 9.59 Å². The van der Waals surface area contributed by atoms with Gasteiger partial charge in [-0.3, -0.25) is 9.59 Å². The summed E-state index contributed by atoms with van der Waals surface area (Å²) in [5.74, 6) is -0.808. The quantitative estimate of drug-likeness (QED) is 0.517. The second-order valence-corrected chi connectivity index (χ2v) is 8.32. The minimum Gasteiger partial charge on any atom is -0.467 e. The van der Waals surface area contributed by atoms with Crippen LogP contribution in [0.5, 0.6) is 0 Å². The van der Waals surface area contributed by atoms with Gasteiger partial charge in [-0.1, -0.05) is 34.4 Å². The molecule has 1 aliphatic heterocycles. The Hall–Kier alpha value is -1.42. The van der Waals surface area contributed by atoms with Gasteiger partial charge in [-0.05, 0) is 12.8 Å². The van der Waals surface area contributed by atoms with E-state index in [4.69, 9.17) is 9.47 Å². The zero-order valence-electron chi connectivity index (χ0n) is 15.1. The zero-order valence-corrected chi connectivity index (χ0v) is 16.7. The lowest BCUT2D eigenvalue weighted by molar-refractivity contribution is -0.144. The van der Waals surface area contributed by atoms with Gasteiger partial charge >= 0.3 is 11.9 Å². The van der Waals surface area contributed by atoms with Gasteiger partial charge in [-0.2, -0.15) is 0 Å². The van der Waals surface area contributed by atoms with E-state index < -0.39 is 24.0 Å². The van der Waals surface area contributed by atoms with Crippen molar-refractivity contribution in [2.45, 2.75) is 50.6 Å². The molecule has 148 valence electrons. The Morgan fingerprint density at radius 1 is 0.808 bits per heavy atom. The van der Waals surface area contributed by atoms with E-state index in [9.17, 15) is 19.2 Å². The summed E-state index contributed by atoms with van der Waals surface area (Å²) < 4.78 is 9.45. The van der Waals surface area contributed by atoms with E-state index in [0.717, 1.165) is 12.8 Å². The van der Waals surface area contributed by atoms with Crippen molar-refractivity contribution in [1.82, 2.24) is 10.6 Å². The minimum atomic E-state index is -0.746. The van der Waals surface area contributed by atoms with Gasteiger partial charge < -0.3 is 20.1 Å². The predicted molar refractivity (Wildman–Crippen MR) is 101 cm³/mol. The van der Waals surface area contributed by atoms with Crippen LogP contribution in [0.4, 0.5) is 0 Å². The van der Waals surface area contributed by atoms with Gasteiger partial charge in [0.1, 0.15) is 12.1 Å². The Morgan fingerprint density at radius 3 is 1.54 bits per heavy atom. The predicted octanol–water partition coefficient (Wildman–Crippen LogP) is 1.04. The van der Waals surface area contributed by atoms with Crippen LogP contribution < -0.4 is 10.6 Å². The molecule has 2 atom stereocenters. The molecule has 8 nitrogen and oxygen atoms in total. The molecule has 1 rings (SSSR count). The lowest BCUT2D eigenvalue weighted by Crippen LogP contribution is -2.44. The molecule has 0 aliphatic carbocycles. The Bertz CT molecular complexity index is 459. The maximum atomic E-state index is 12.0. The van der Waals surface area contributed by atoms with Gasteiger partial charge in [0.25, 0.3) is 0 Å². The highest BCUT2D eigenvalue weighted by molar-refractivity contribution is 8.76. The summed E-state index contributed by atoms with van der Waals surface area (Å²) in [4.78, 5) is 47.6.